The number of hydrogen-bond donors (Lipinski definition) is 0. The highest BCUT2D eigenvalue weighted by atomic mass is 31.2. The second-order valence-electron chi connectivity index (χ2n) is 9.85. The van der Waals surface area contributed by atoms with Gasteiger partial charge in [-0.15, -0.1) is 0 Å². The Morgan fingerprint density at radius 3 is 0.758 bits per heavy atom. The third kappa shape index (κ3) is 21.6. The van der Waals surface area contributed by atoms with E-state index in [9.17, 15) is 0 Å². The molecule has 0 aromatic heterocycles. The first-order chi connectivity index (χ1) is 16.2. The lowest BCUT2D eigenvalue weighted by molar-refractivity contribution is 0.811. The Kier molecular flexibility index (Phi) is 25.5. The molecule has 0 radical (unpaired) electrons. The molecule has 0 aromatic carbocycles. The zero-order valence-corrected chi connectivity index (χ0v) is 24.1. The van der Waals surface area contributed by atoms with Gasteiger partial charge in [0.15, 0.2) is 0 Å². The van der Waals surface area contributed by atoms with Gasteiger partial charge in [-0.2, -0.15) is 0 Å². The van der Waals surface area contributed by atoms with Crippen LogP contribution in [0.3, 0.4) is 0 Å². The molecule has 0 heterocycles. The van der Waals surface area contributed by atoms with E-state index in [1.165, 1.54) is 127 Å². The summed E-state index contributed by atoms with van der Waals surface area (Å²) < 4.78 is 0. The van der Waals surface area contributed by atoms with Crippen LogP contribution in [0.25, 0.3) is 0 Å². The second kappa shape index (κ2) is 26.0. The van der Waals surface area contributed by atoms with Crippen LogP contribution in [-0.2, 0) is 0 Å². The van der Waals surface area contributed by atoms with Gasteiger partial charge in [0.2, 0.25) is 0 Å². The van der Waals surface area contributed by atoms with Crippen LogP contribution < -0.4 is 0 Å². The predicted molar refractivity (Wildman–Crippen MR) is 160 cm³/mol. The fourth-order valence-corrected chi connectivity index (χ4v) is 8.42. The zero-order valence-electron chi connectivity index (χ0n) is 23.2. The van der Waals surface area contributed by atoms with Gasteiger partial charge >= 0.3 is 0 Å². The van der Waals surface area contributed by atoms with Gasteiger partial charge in [-0.25, -0.2) is 0 Å². The lowest BCUT2D eigenvalue weighted by Gasteiger charge is -2.27. The Hall–Kier alpha value is -0.610. The highest BCUT2D eigenvalue weighted by Gasteiger charge is 2.34. The van der Waals surface area contributed by atoms with Crippen molar-refractivity contribution in [2.24, 2.45) is 0 Å². The molecule has 192 valence electrons. The smallest absolute Gasteiger partial charge is 0.0629 e. The lowest BCUT2D eigenvalue weighted by atomic mass is 10.2. The van der Waals surface area contributed by atoms with Crippen LogP contribution in [0, 0.1) is 0 Å². The van der Waals surface area contributed by atoms with Crippen molar-refractivity contribution in [3.05, 3.63) is 48.6 Å². The van der Waals surface area contributed by atoms with E-state index < -0.39 is 7.26 Å². The normalized spacial score (nSPS) is 14.4. The van der Waals surface area contributed by atoms with Crippen molar-refractivity contribution >= 4 is 7.26 Å². The first-order valence-corrected chi connectivity index (χ1v) is 17.2. The predicted octanol–water partition coefficient (Wildman–Crippen LogP) is 11.5. The van der Waals surface area contributed by atoms with Crippen molar-refractivity contribution < 1.29 is 0 Å². The first kappa shape index (κ1) is 32.4. The van der Waals surface area contributed by atoms with E-state index in [1.807, 2.05) is 0 Å². The molecule has 0 N–H and O–H groups in total. The molecule has 0 saturated carbocycles. The number of hydrogen-bond acceptors (Lipinski definition) is 0. The highest BCUT2D eigenvalue weighted by Crippen LogP contribution is 2.61. The van der Waals surface area contributed by atoms with Gasteiger partial charge in [-0.1, -0.05) is 128 Å². The van der Waals surface area contributed by atoms with Gasteiger partial charge in [-0.05, 0) is 51.4 Å². The summed E-state index contributed by atoms with van der Waals surface area (Å²) in [7, 11) is -0.923. The Morgan fingerprint density at radius 2 is 0.545 bits per heavy atom. The minimum Gasteiger partial charge on any atom is -0.0884 e. The van der Waals surface area contributed by atoms with Gasteiger partial charge < -0.3 is 0 Å². The Morgan fingerprint density at radius 1 is 0.333 bits per heavy atom. The molecule has 0 spiro atoms. The zero-order chi connectivity index (χ0) is 24.3. The van der Waals surface area contributed by atoms with Gasteiger partial charge in [0.05, 0.1) is 24.6 Å². The molecular formula is C32H60P+. The van der Waals surface area contributed by atoms with Gasteiger partial charge in [0.25, 0.3) is 0 Å². The van der Waals surface area contributed by atoms with Crippen molar-refractivity contribution in [2.75, 3.05) is 24.6 Å². The summed E-state index contributed by atoms with van der Waals surface area (Å²) in [5, 5.41) is 0. The molecule has 0 aromatic rings. The molecule has 0 saturated heterocycles. The molecule has 0 atom stereocenters. The van der Waals surface area contributed by atoms with Crippen LogP contribution in [0.5, 0.6) is 0 Å². The second-order valence-corrected chi connectivity index (χ2v) is 14.3. The summed E-state index contributed by atoms with van der Waals surface area (Å²) in [5.74, 6) is 0. The summed E-state index contributed by atoms with van der Waals surface area (Å²) >= 11 is 0. The van der Waals surface area contributed by atoms with Crippen LogP contribution in [0.2, 0.25) is 0 Å². The number of allylic oxidation sites excluding steroid dienone is 8. The summed E-state index contributed by atoms with van der Waals surface area (Å²) in [4.78, 5) is 0. The van der Waals surface area contributed by atoms with E-state index in [4.69, 9.17) is 0 Å². The van der Waals surface area contributed by atoms with E-state index in [0.29, 0.717) is 0 Å². The summed E-state index contributed by atoms with van der Waals surface area (Å²) in [5.41, 5.74) is 0. The minimum atomic E-state index is -0.923. The van der Waals surface area contributed by atoms with Crippen molar-refractivity contribution in [3.8, 4) is 0 Å². The van der Waals surface area contributed by atoms with Crippen LogP contribution >= 0.6 is 7.26 Å². The molecule has 0 rings (SSSR count). The van der Waals surface area contributed by atoms with Crippen LogP contribution in [0.4, 0.5) is 0 Å². The van der Waals surface area contributed by atoms with Crippen molar-refractivity contribution in [3.63, 3.8) is 0 Å². The molecule has 33 heavy (non-hydrogen) atoms. The maximum Gasteiger partial charge on any atom is 0.0629 e. The first-order valence-electron chi connectivity index (χ1n) is 14.7. The fraction of sp³-hybridized carbons (Fsp3) is 0.750. The van der Waals surface area contributed by atoms with Crippen LogP contribution in [-0.4, -0.2) is 24.6 Å². The monoisotopic (exact) mass is 475 g/mol. The van der Waals surface area contributed by atoms with E-state index in [2.05, 4.69) is 76.3 Å². The minimum absolute atomic E-state index is 0.923. The standard InChI is InChI=1S/C32H60P/c1-5-9-13-17-21-25-29-33(30-26-22-18-14-10-6-2,31-27-23-19-15-11-7-3)32-28-24-20-16-12-8-4/h17-24H,5-16,25-32H2,1-4H3/q+1. The molecular weight excluding hydrogens is 415 g/mol. The Labute approximate surface area is 210 Å². The van der Waals surface area contributed by atoms with Crippen molar-refractivity contribution in [1.82, 2.24) is 0 Å². The van der Waals surface area contributed by atoms with Crippen LogP contribution in [0.15, 0.2) is 48.6 Å². The molecule has 0 unspecified atom stereocenters. The molecule has 0 fully saturated rings. The average Bonchev–Trinajstić information content (AvgIpc) is 2.83. The molecule has 1 heteroatoms. The maximum absolute atomic E-state index is 2.51. The molecule has 0 bridgehead atoms. The van der Waals surface area contributed by atoms with E-state index in [-0.39, 0.29) is 0 Å². The van der Waals surface area contributed by atoms with Crippen molar-refractivity contribution in [1.29, 1.82) is 0 Å². The van der Waals surface area contributed by atoms with Crippen molar-refractivity contribution in [2.45, 2.75) is 130 Å². The van der Waals surface area contributed by atoms with E-state index in [1.54, 1.807) is 0 Å². The Balaban J connectivity index is 5.09. The average molecular weight is 476 g/mol. The molecule has 0 nitrogen and oxygen atoms in total. The van der Waals surface area contributed by atoms with Gasteiger partial charge in [-0.3, -0.25) is 0 Å². The maximum atomic E-state index is 2.51. The third-order valence-corrected chi connectivity index (χ3v) is 11.5. The number of rotatable bonds is 24. The topological polar surface area (TPSA) is 0 Å². The fourth-order valence-electron chi connectivity index (χ4n) is 4.30. The quantitative estimate of drug-likeness (QED) is 0.0739. The van der Waals surface area contributed by atoms with Gasteiger partial charge in [0.1, 0.15) is 0 Å². The van der Waals surface area contributed by atoms with E-state index in [0.717, 1.165) is 0 Å². The highest BCUT2D eigenvalue weighted by molar-refractivity contribution is 7.75. The van der Waals surface area contributed by atoms with Gasteiger partial charge in [0, 0.05) is 7.26 Å². The summed E-state index contributed by atoms with van der Waals surface area (Å²) in [6.07, 6.45) is 46.6. The largest absolute Gasteiger partial charge is 0.0884 e. The summed E-state index contributed by atoms with van der Waals surface area (Å²) in [6, 6.07) is 0. The molecule has 0 aliphatic heterocycles. The Bertz CT molecular complexity index is 403. The molecule has 0 aliphatic carbocycles. The molecule has 0 amide bonds. The summed E-state index contributed by atoms with van der Waals surface area (Å²) in [6.45, 7) is 9.17. The SMILES string of the molecule is CCCCC=CCC[P+](CCC=CCCCC)(CCC=CCCCC)CCC=CCCCC. The van der Waals surface area contributed by atoms with E-state index >= 15 is 0 Å². The third-order valence-electron chi connectivity index (χ3n) is 6.64. The van der Waals surface area contributed by atoms with Crippen LogP contribution in [0.1, 0.15) is 130 Å². The lowest BCUT2D eigenvalue weighted by Crippen LogP contribution is -2.12. The number of unbranched alkanes of at least 4 members (excludes halogenated alkanes) is 8. The molecule has 0 aliphatic rings.